The van der Waals surface area contributed by atoms with Crippen molar-refractivity contribution >= 4 is 11.3 Å². The molecule has 0 fully saturated rings. The number of hydrogen-bond acceptors (Lipinski definition) is 3. The van der Waals surface area contributed by atoms with Crippen molar-refractivity contribution in [3.05, 3.63) is 21.9 Å². The molecule has 3 atom stereocenters. The van der Waals surface area contributed by atoms with Crippen LogP contribution in [-0.4, -0.2) is 18.3 Å². The molecule has 1 rings (SSSR count). The molecule has 1 heterocycles. The minimum atomic E-state index is -4.36. The average Bonchev–Trinajstić information content (AvgIpc) is 2.69. The molecule has 0 saturated carbocycles. The van der Waals surface area contributed by atoms with Gasteiger partial charge in [-0.05, 0) is 32.4 Å². The van der Waals surface area contributed by atoms with Gasteiger partial charge in [0.1, 0.15) is 6.10 Å². The molecule has 0 aliphatic carbocycles. The van der Waals surface area contributed by atoms with E-state index in [1.165, 1.54) is 11.3 Å². The lowest BCUT2D eigenvalue weighted by molar-refractivity contribution is -0.229. The van der Waals surface area contributed by atoms with Gasteiger partial charge in [0.05, 0.1) is 0 Å². The van der Waals surface area contributed by atoms with E-state index < -0.39 is 24.4 Å². The Hall–Kier alpha value is -0.590. The smallest absolute Gasteiger partial charge is 0.359 e. The minimum absolute atomic E-state index is 0.437. The molecule has 0 aliphatic rings. The highest BCUT2D eigenvalue weighted by molar-refractivity contribution is 7.12. The van der Waals surface area contributed by atoms with Crippen molar-refractivity contribution in [3.63, 3.8) is 0 Å². The fourth-order valence-electron chi connectivity index (χ4n) is 1.50. The maximum atomic E-state index is 12.5. The topological polar surface area (TPSA) is 35.2 Å². The van der Waals surface area contributed by atoms with E-state index >= 15 is 0 Å². The number of alkyl halides is 3. The molecule has 6 heteroatoms. The van der Waals surface area contributed by atoms with Gasteiger partial charge >= 0.3 is 6.18 Å². The van der Waals surface area contributed by atoms with E-state index in [9.17, 15) is 13.2 Å². The first-order valence-corrected chi connectivity index (χ1v) is 6.61. The molecule has 0 saturated heterocycles. The second kappa shape index (κ2) is 6.04. The van der Waals surface area contributed by atoms with Crippen LogP contribution >= 0.6 is 11.3 Å². The Morgan fingerprint density at radius 2 is 2.00 bits per heavy atom. The Morgan fingerprint density at radius 1 is 1.39 bits per heavy atom. The van der Waals surface area contributed by atoms with Gasteiger partial charge in [-0.25, -0.2) is 0 Å². The van der Waals surface area contributed by atoms with Crippen LogP contribution in [0.3, 0.4) is 0 Å². The number of thiophene rings is 1. The first-order chi connectivity index (χ1) is 8.25. The highest BCUT2D eigenvalue weighted by Crippen LogP contribution is 2.33. The molecule has 0 bridgehead atoms. The molecule has 18 heavy (non-hydrogen) atoms. The molecule has 2 N–H and O–H groups in total. The van der Waals surface area contributed by atoms with Crippen LogP contribution < -0.4 is 5.73 Å². The number of ether oxygens (including phenoxy) is 1. The third-order valence-corrected chi connectivity index (χ3v) is 3.78. The van der Waals surface area contributed by atoms with E-state index in [0.29, 0.717) is 6.42 Å². The van der Waals surface area contributed by atoms with Crippen molar-refractivity contribution in [3.8, 4) is 0 Å². The molecular weight excluding hydrogens is 263 g/mol. The fraction of sp³-hybridized carbons (Fsp3) is 0.667. The molecule has 0 amide bonds. The lowest BCUT2D eigenvalue weighted by atomic mass is 10.1. The monoisotopic (exact) mass is 281 g/mol. The Labute approximate surface area is 109 Å². The summed E-state index contributed by atoms with van der Waals surface area (Å²) in [5, 5.41) is 0. The van der Waals surface area contributed by atoms with E-state index in [1.54, 1.807) is 6.07 Å². The molecule has 0 spiro atoms. The zero-order valence-electron chi connectivity index (χ0n) is 10.6. The number of aryl methyl sites for hydroxylation is 1. The third kappa shape index (κ3) is 3.96. The Balaban J connectivity index is 2.86. The van der Waals surface area contributed by atoms with E-state index in [2.05, 4.69) is 0 Å². The maximum absolute atomic E-state index is 12.5. The third-order valence-electron chi connectivity index (χ3n) is 2.71. The van der Waals surface area contributed by atoms with Crippen LogP contribution in [0, 0.1) is 6.92 Å². The van der Waals surface area contributed by atoms with Gasteiger partial charge in [0.2, 0.25) is 0 Å². The SMILES string of the molecule is CCC(N)C(OC(C)C(F)(F)F)c1ccc(C)s1. The summed E-state index contributed by atoms with van der Waals surface area (Å²) in [6.45, 7) is 4.74. The van der Waals surface area contributed by atoms with Crippen molar-refractivity contribution in [1.82, 2.24) is 0 Å². The van der Waals surface area contributed by atoms with E-state index in [4.69, 9.17) is 10.5 Å². The summed E-state index contributed by atoms with van der Waals surface area (Å²) in [4.78, 5) is 1.78. The van der Waals surface area contributed by atoms with Crippen LogP contribution in [0.25, 0.3) is 0 Å². The largest absolute Gasteiger partial charge is 0.414 e. The van der Waals surface area contributed by atoms with Gasteiger partial charge < -0.3 is 10.5 Å². The van der Waals surface area contributed by atoms with Crippen LogP contribution in [0.15, 0.2) is 12.1 Å². The van der Waals surface area contributed by atoms with Crippen LogP contribution in [0.5, 0.6) is 0 Å². The second-order valence-electron chi connectivity index (χ2n) is 4.26. The summed E-state index contributed by atoms with van der Waals surface area (Å²) in [5.74, 6) is 0. The summed E-state index contributed by atoms with van der Waals surface area (Å²) in [6, 6.07) is 3.20. The number of hydrogen-bond donors (Lipinski definition) is 1. The first kappa shape index (κ1) is 15.5. The van der Waals surface area contributed by atoms with Crippen LogP contribution in [0.4, 0.5) is 13.2 Å². The molecule has 104 valence electrons. The van der Waals surface area contributed by atoms with Crippen molar-refractivity contribution in [2.24, 2.45) is 5.73 Å². The van der Waals surface area contributed by atoms with Crippen molar-refractivity contribution in [2.45, 2.75) is 51.6 Å². The number of halogens is 3. The summed E-state index contributed by atoms with van der Waals surface area (Å²) < 4.78 is 42.7. The average molecular weight is 281 g/mol. The first-order valence-electron chi connectivity index (χ1n) is 5.79. The summed E-state index contributed by atoms with van der Waals surface area (Å²) >= 11 is 1.42. The molecule has 2 nitrogen and oxygen atoms in total. The van der Waals surface area contributed by atoms with Crippen molar-refractivity contribution in [1.29, 1.82) is 0 Å². The minimum Gasteiger partial charge on any atom is -0.359 e. The molecule has 3 unspecified atom stereocenters. The number of nitrogens with two attached hydrogens (primary N) is 1. The number of rotatable bonds is 5. The van der Waals surface area contributed by atoms with Gasteiger partial charge in [-0.2, -0.15) is 13.2 Å². The highest BCUT2D eigenvalue weighted by atomic mass is 32.1. The molecule has 0 aliphatic heterocycles. The van der Waals surface area contributed by atoms with Gasteiger partial charge in [-0.1, -0.05) is 6.92 Å². The zero-order valence-corrected chi connectivity index (χ0v) is 11.4. The fourth-order valence-corrected chi connectivity index (χ4v) is 2.49. The Morgan fingerprint density at radius 3 is 2.39 bits per heavy atom. The van der Waals surface area contributed by atoms with Gasteiger partial charge in [0.15, 0.2) is 6.10 Å². The quantitative estimate of drug-likeness (QED) is 0.891. The summed E-state index contributed by atoms with van der Waals surface area (Å²) in [6.07, 6.45) is -6.32. The van der Waals surface area contributed by atoms with Gasteiger partial charge in [0.25, 0.3) is 0 Å². The standard InChI is InChI=1S/C12H18F3NOS/c1-4-9(16)11(10-6-5-7(2)18-10)17-8(3)12(13,14)15/h5-6,8-9,11H,4,16H2,1-3H3. The van der Waals surface area contributed by atoms with Gasteiger partial charge in [-0.15, -0.1) is 11.3 Å². The Kier molecular flexibility index (Phi) is 5.19. The molecule has 1 aromatic rings. The van der Waals surface area contributed by atoms with E-state index in [-0.39, 0.29) is 0 Å². The lowest BCUT2D eigenvalue weighted by Gasteiger charge is -2.27. The molecule has 0 radical (unpaired) electrons. The van der Waals surface area contributed by atoms with Gasteiger partial charge in [0, 0.05) is 15.8 Å². The Bertz CT molecular complexity index is 378. The van der Waals surface area contributed by atoms with Crippen LogP contribution in [-0.2, 0) is 4.74 Å². The molecular formula is C12H18F3NOS. The maximum Gasteiger partial charge on any atom is 0.414 e. The van der Waals surface area contributed by atoms with Crippen molar-refractivity contribution in [2.75, 3.05) is 0 Å². The summed E-state index contributed by atoms with van der Waals surface area (Å²) in [5.41, 5.74) is 5.86. The van der Waals surface area contributed by atoms with E-state index in [0.717, 1.165) is 16.7 Å². The van der Waals surface area contributed by atoms with Crippen molar-refractivity contribution < 1.29 is 17.9 Å². The van der Waals surface area contributed by atoms with Crippen LogP contribution in [0.1, 0.15) is 36.1 Å². The lowest BCUT2D eigenvalue weighted by Crippen LogP contribution is -2.36. The normalized spacial score (nSPS) is 17.5. The molecule has 1 aromatic heterocycles. The zero-order chi connectivity index (χ0) is 13.9. The van der Waals surface area contributed by atoms with Gasteiger partial charge in [-0.3, -0.25) is 0 Å². The highest BCUT2D eigenvalue weighted by Gasteiger charge is 2.39. The van der Waals surface area contributed by atoms with E-state index in [1.807, 2.05) is 19.9 Å². The predicted molar refractivity (Wildman–Crippen MR) is 66.7 cm³/mol. The molecule has 0 aromatic carbocycles. The summed E-state index contributed by atoms with van der Waals surface area (Å²) in [7, 11) is 0. The second-order valence-corrected chi connectivity index (χ2v) is 5.58. The predicted octanol–water partition coefficient (Wildman–Crippen LogP) is 3.80. The van der Waals surface area contributed by atoms with Crippen LogP contribution in [0.2, 0.25) is 0 Å².